The van der Waals surface area contributed by atoms with E-state index in [0.29, 0.717) is 12.0 Å². The Morgan fingerprint density at radius 3 is 2.00 bits per heavy atom. The van der Waals surface area contributed by atoms with Crippen LogP contribution in [0.5, 0.6) is 0 Å². The molecule has 1 fully saturated rings. The van der Waals surface area contributed by atoms with Crippen LogP contribution in [0.3, 0.4) is 0 Å². The highest BCUT2D eigenvalue weighted by atomic mass is 79.9. The summed E-state index contributed by atoms with van der Waals surface area (Å²) in [5.74, 6) is 0.780. The third-order valence-electron chi connectivity index (χ3n) is 5.99. The van der Waals surface area contributed by atoms with Crippen molar-refractivity contribution in [3.05, 3.63) is 6.42 Å². The number of unbranched alkanes of at least 4 members (excludes halogenated alkanes) is 8. The lowest BCUT2D eigenvalue weighted by Gasteiger charge is -2.21. The molecule has 2 unspecified atom stereocenters. The second-order valence-electron chi connectivity index (χ2n) is 8.47. The molecule has 0 heterocycles. The van der Waals surface area contributed by atoms with Gasteiger partial charge in [0.15, 0.2) is 0 Å². The fourth-order valence-electron chi connectivity index (χ4n) is 3.99. The van der Waals surface area contributed by atoms with Crippen molar-refractivity contribution in [1.82, 2.24) is 0 Å². The first kappa shape index (κ1) is 26.6. The van der Waals surface area contributed by atoms with Crippen LogP contribution in [0.1, 0.15) is 103 Å². The lowest BCUT2D eigenvalue weighted by Crippen LogP contribution is -2.17. The summed E-state index contributed by atoms with van der Waals surface area (Å²) in [6.07, 6.45) is 25.6. The van der Waals surface area contributed by atoms with Gasteiger partial charge < -0.3 is 4.74 Å². The Morgan fingerprint density at radius 1 is 0.821 bits per heavy atom. The fourth-order valence-corrected chi connectivity index (χ4v) is 5.09. The van der Waals surface area contributed by atoms with Crippen LogP contribution in [-0.2, 0) is 9.53 Å². The average molecular weight is 522 g/mol. The minimum atomic E-state index is 0.0685. The number of hydrogen-bond donors (Lipinski definition) is 0. The first-order valence-corrected chi connectivity index (χ1v) is 14.0. The molecule has 1 aliphatic carbocycles. The van der Waals surface area contributed by atoms with Crippen LogP contribution in [0.15, 0.2) is 0 Å². The van der Waals surface area contributed by atoms with Crippen molar-refractivity contribution in [3.8, 4) is 0 Å². The third-order valence-corrected chi connectivity index (χ3v) is 7.69. The quantitative estimate of drug-likeness (QED) is 0.127. The molecule has 0 aromatic rings. The van der Waals surface area contributed by atoms with Crippen molar-refractivity contribution in [3.63, 3.8) is 0 Å². The summed E-state index contributed by atoms with van der Waals surface area (Å²) in [4.78, 5) is 10.8. The summed E-state index contributed by atoms with van der Waals surface area (Å²) >= 11 is 7.03. The molecule has 2 nitrogen and oxygen atoms in total. The summed E-state index contributed by atoms with van der Waals surface area (Å²) in [7, 11) is 0. The van der Waals surface area contributed by atoms with Crippen LogP contribution in [0.4, 0.5) is 0 Å². The van der Waals surface area contributed by atoms with Crippen LogP contribution in [-0.4, -0.2) is 29.7 Å². The third kappa shape index (κ3) is 14.6. The van der Waals surface area contributed by atoms with E-state index >= 15 is 0 Å². The second-order valence-corrected chi connectivity index (χ2v) is 9.77. The minimum Gasteiger partial charge on any atom is -0.378 e. The van der Waals surface area contributed by atoms with Gasteiger partial charge in [-0.2, -0.15) is 0 Å². The van der Waals surface area contributed by atoms with Crippen molar-refractivity contribution in [2.75, 3.05) is 17.3 Å². The van der Waals surface area contributed by atoms with E-state index in [1.165, 1.54) is 89.9 Å². The monoisotopic (exact) mass is 520 g/mol. The number of carbonyl (C=O) groups excluding carboxylic acids is 1. The number of alkyl halides is 2. The molecule has 0 N–H and O–H groups in total. The lowest BCUT2D eigenvalue weighted by molar-refractivity contribution is 0.0326. The van der Waals surface area contributed by atoms with E-state index in [9.17, 15) is 4.79 Å². The average Bonchev–Trinajstić information content (AvgIpc) is 2.74. The van der Waals surface area contributed by atoms with Crippen LogP contribution >= 0.6 is 31.9 Å². The molecule has 1 rings (SSSR count). The normalized spacial score (nSPS) is 17.5. The van der Waals surface area contributed by atoms with Crippen molar-refractivity contribution in [1.29, 1.82) is 0 Å². The maximum atomic E-state index is 10.8. The molecule has 28 heavy (non-hydrogen) atoms. The number of rotatable bonds is 19. The van der Waals surface area contributed by atoms with Crippen LogP contribution in [0, 0.1) is 18.3 Å². The minimum absolute atomic E-state index is 0.0685. The van der Waals surface area contributed by atoms with E-state index in [2.05, 4.69) is 44.6 Å². The van der Waals surface area contributed by atoms with E-state index in [0.717, 1.165) is 30.1 Å². The van der Waals surface area contributed by atoms with Crippen molar-refractivity contribution in [2.45, 2.75) is 109 Å². The highest BCUT2D eigenvalue weighted by Crippen LogP contribution is 2.22. The summed E-state index contributed by atoms with van der Waals surface area (Å²) < 4.78 is 5.98. The number of ether oxygens (including phenoxy) is 1. The van der Waals surface area contributed by atoms with Gasteiger partial charge in [-0.15, -0.1) is 0 Å². The van der Waals surface area contributed by atoms with Crippen LogP contribution in [0.2, 0.25) is 0 Å². The maximum absolute atomic E-state index is 10.8. The van der Waals surface area contributed by atoms with Gasteiger partial charge in [-0.1, -0.05) is 83.2 Å². The molecule has 0 saturated heterocycles. The molecule has 0 aromatic heterocycles. The molecule has 1 aliphatic rings. The van der Waals surface area contributed by atoms with E-state index in [1.807, 2.05) is 0 Å². The van der Waals surface area contributed by atoms with Crippen molar-refractivity contribution < 1.29 is 9.53 Å². The predicted octanol–water partition coefficient (Wildman–Crippen LogP) is 7.96. The van der Waals surface area contributed by atoms with Gasteiger partial charge >= 0.3 is 0 Å². The van der Waals surface area contributed by atoms with Gasteiger partial charge in [-0.25, -0.2) is 0 Å². The SMILES string of the molecule is O=[C]C(CBr)CCC(CBr)CCCCCCCCCCCOC1CC[CH]CC1. The van der Waals surface area contributed by atoms with Gasteiger partial charge in [0.2, 0.25) is 6.29 Å². The van der Waals surface area contributed by atoms with E-state index in [1.54, 1.807) is 0 Å². The maximum Gasteiger partial charge on any atom is 0.202 e. The van der Waals surface area contributed by atoms with Gasteiger partial charge in [0.05, 0.1) is 6.10 Å². The molecule has 1 saturated carbocycles. The molecule has 0 aromatic carbocycles. The molecular formula is C24H42Br2O2. The van der Waals surface area contributed by atoms with Crippen molar-refractivity contribution >= 4 is 38.1 Å². The zero-order valence-corrected chi connectivity index (χ0v) is 21.0. The molecule has 4 heteroatoms. The van der Waals surface area contributed by atoms with Gasteiger partial charge in [0.25, 0.3) is 0 Å². The van der Waals surface area contributed by atoms with Gasteiger partial charge in [-0.3, -0.25) is 4.79 Å². The predicted molar refractivity (Wildman–Crippen MR) is 128 cm³/mol. The van der Waals surface area contributed by atoms with E-state index < -0.39 is 0 Å². The fraction of sp³-hybridized carbons (Fsp3) is 0.917. The van der Waals surface area contributed by atoms with Gasteiger partial charge in [0, 0.05) is 23.2 Å². The molecule has 0 amide bonds. The molecule has 2 atom stereocenters. The van der Waals surface area contributed by atoms with Gasteiger partial charge in [0.1, 0.15) is 0 Å². The Labute approximate surface area is 191 Å². The van der Waals surface area contributed by atoms with E-state index in [4.69, 9.17) is 4.74 Å². The second kappa shape index (κ2) is 19.5. The zero-order valence-electron chi connectivity index (χ0n) is 17.8. The highest BCUT2D eigenvalue weighted by Gasteiger charge is 2.13. The van der Waals surface area contributed by atoms with E-state index in [-0.39, 0.29) is 5.92 Å². The highest BCUT2D eigenvalue weighted by molar-refractivity contribution is 9.09. The first-order valence-electron chi connectivity index (χ1n) is 11.7. The summed E-state index contributed by atoms with van der Waals surface area (Å²) in [6.45, 7) is 0.973. The number of hydrogen-bond acceptors (Lipinski definition) is 2. The Hall–Kier alpha value is 0.590. The molecule has 2 radical (unpaired) electrons. The smallest absolute Gasteiger partial charge is 0.202 e. The number of halogens is 2. The Kier molecular flexibility index (Phi) is 18.6. The molecular weight excluding hydrogens is 480 g/mol. The molecule has 0 bridgehead atoms. The topological polar surface area (TPSA) is 26.3 Å². The Bertz CT molecular complexity index is 345. The Balaban J connectivity index is 1.82. The summed E-state index contributed by atoms with van der Waals surface area (Å²) in [6, 6.07) is 0. The van der Waals surface area contributed by atoms with Gasteiger partial charge in [-0.05, 0) is 63.7 Å². The van der Waals surface area contributed by atoms with Crippen LogP contribution < -0.4 is 0 Å². The molecule has 0 aliphatic heterocycles. The first-order chi connectivity index (χ1) is 13.8. The molecule has 164 valence electrons. The zero-order chi connectivity index (χ0) is 20.3. The Morgan fingerprint density at radius 2 is 1.43 bits per heavy atom. The largest absolute Gasteiger partial charge is 0.378 e. The molecule has 0 spiro atoms. The summed E-state index contributed by atoms with van der Waals surface area (Å²) in [5.41, 5.74) is 0. The van der Waals surface area contributed by atoms with Crippen molar-refractivity contribution in [2.24, 2.45) is 11.8 Å². The lowest BCUT2D eigenvalue weighted by atomic mass is 9.94. The van der Waals surface area contributed by atoms with Crippen LogP contribution in [0.25, 0.3) is 0 Å². The standard InChI is InChI=1S/C24H42Br2O2/c25-19-22(16-17-23(20-26)21-27)13-9-6-4-2-1-3-5-7-12-18-28-24-14-10-8-11-15-24/h8,22-24H,1-7,9-20H2. The summed E-state index contributed by atoms with van der Waals surface area (Å²) in [5, 5.41) is 1.81.